The third kappa shape index (κ3) is 3.82. The molecule has 1 aliphatic carbocycles. The van der Waals surface area contributed by atoms with Gasteiger partial charge in [-0.15, -0.1) is 0 Å². The van der Waals surface area contributed by atoms with Crippen molar-refractivity contribution in [3.8, 4) is 0 Å². The Hall–Kier alpha value is -1.36. The molecule has 108 valence electrons. The van der Waals surface area contributed by atoms with Crippen molar-refractivity contribution in [2.75, 3.05) is 5.32 Å². The first-order valence-electron chi connectivity index (χ1n) is 6.76. The fourth-order valence-electron chi connectivity index (χ4n) is 2.71. The zero-order valence-electron chi connectivity index (χ0n) is 11.4. The van der Waals surface area contributed by atoms with E-state index in [2.05, 4.69) is 21.2 Å². The molecule has 1 aliphatic rings. The summed E-state index contributed by atoms with van der Waals surface area (Å²) in [6.45, 7) is 1.96. The van der Waals surface area contributed by atoms with Gasteiger partial charge in [0.1, 0.15) is 0 Å². The van der Waals surface area contributed by atoms with Crippen molar-refractivity contribution in [1.29, 1.82) is 0 Å². The molecule has 0 heterocycles. The first-order valence-corrected chi connectivity index (χ1v) is 7.56. The van der Waals surface area contributed by atoms with Crippen molar-refractivity contribution in [3.05, 3.63) is 28.2 Å². The molecule has 2 atom stereocenters. The Kier molecular flexibility index (Phi) is 4.81. The molecule has 4 nitrogen and oxygen atoms in total. The van der Waals surface area contributed by atoms with Crippen LogP contribution < -0.4 is 5.32 Å². The van der Waals surface area contributed by atoms with Crippen LogP contribution in [0.15, 0.2) is 22.7 Å². The lowest BCUT2D eigenvalue weighted by Gasteiger charge is -2.25. The van der Waals surface area contributed by atoms with Crippen molar-refractivity contribution < 1.29 is 14.7 Å². The summed E-state index contributed by atoms with van der Waals surface area (Å²) in [6.07, 6.45) is 2.68. The van der Waals surface area contributed by atoms with Gasteiger partial charge >= 0.3 is 5.97 Å². The number of carboxylic acids is 1. The summed E-state index contributed by atoms with van der Waals surface area (Å²) in [6, 6.07) is 5.72. The molecule has 1 aromatic rings. The lowest BCUT2D eigenvalue weighted by atomic mass is 9.81. The number of halogens is 1. The molecule has 5 heteroatoms. The van der Waals surface area contributed by atoms with E-state index in [9.17, 15) is 9.59 Å². The maximum atomic E-state index is 12.2. The third-order valence-electron chi connectivity index (χ3n) is 3.70. The molecule has 0 aromatic heterocycles. The van der Waals surface area contributed by atoms with Crippen LogP contribution in [0.2, 0.25) is 0 Å². The second-order valence-corrected chi connectivity index (χ2v) is 6.32. The van der Waals surface area contributed by atoms with Gasteiger partial charge in [-0.1, -0.05) is 22.4 Å². The second-order valence-electron chi connectivity index (χ2n) is 5.41. The van der Waals surface area contributed by atoms with Crippen LogP contribution in [-0.4, -0.2) is 17.0 Å². The van der Waals surface area contributed by atoms with Crippen molar-refractivity contribution in [2.45, 2.75) is 32.6 Å². The average Bonchev–Trinajstić information content (AvgIpc) is 2.37. The molecular weight excluding hydrogens is 322 g/mol. The maximum Gasteiger partial charge on any atom is 0.306 e. The van der Waals surface area contributed by atoms with Crippen LogP contribution in [0.3, 0.4) is 0 Å². The number of amides is 1. The number of aryl methyl sites for hydroxylation is 1. The number of anilines is 1. The lowest BCUT2D eigenvalue weighted by molar-refractivity contribution is -0.143. The summed E-state index contributed by atoms with van der Waals surface area (Å²) in [4.78, 5) is 23.3. The Bertz CT molecular complexity index is 510. The highest BCUT2D eigenvalue weighted by Gasteiger charge is 2.31. The summed E-state index contributed by atoms with van der Waals surface area (Å²) in [7, 11) is 0. The molecule has 0 saturated heterocycles. The molecule has 2 rings (SSSR count). The van der Waals surface area contributed by atoms with Crippen LogP contribution in [0, 0.1) is 18.8 Å². The molecule has 0 aliphatic heterocycles. The van der Waals surface area contributed by atoms with E-state index in [1.54, 1.807) is 0 Å². The number of hydrogen-bond donors (Lipinski definition) is 2. The predicted octanol–water partition coefficient (Wildman–Crippen LogP) is 3.59. The molecular formula is C15H18BrNO3. The average molecular weight is 340 g/mol. The largest absolute Gasteiger partial charge is 0.481 e. The van der Waals surface area contributed by atoms with E-state index >= 15 is 0 Å². The normalized spacial score (nSPS) is 22.3. The SMILES string of the molecule is Cc1cc(Br)cc(NC(=O)C2CCCC(C(=O)O)C2)c1. The van der Waals surface area contributed by atoms with Crippen LogP contribution in [0.4, 0.5) is 5.69 Å². The number of benzene rings is 1. The highest BCUT2D eigenvalue weighted by Crippen LogP contribution is 2.30. The molecule has 0 bridgehead atoms. The number of carboxylic acid groups (broad SMARTS) is 1. The minimum atomic E-state index is -0.791. The summed E-state index contributed by atoms with van der Waals surface area (Å²) < 4.78 is 0.917. The summed E-state index contributed by atoms with van der Waals surface area (Å²) in [5, 5.41) is 12.0. The van der Waals surface area contributed by atoms with Crippen LogP contribution in [0.1, 0.15) is 31.2 Å². The van der Waals surface area contributed by atoms with Gasteiger partial charge in [0.2, 0.25) is 5.91 Å². The van der Waals surface area contributed by atoms with Gasteiger partial charge in [-0.3, -0.25) is 9.59 Å². The zero-order valence-corrected chi connectivity index (χ0v) is 12.9. The van der Waals surface area contributed by atoms with Gasteiger partial charge in [0.15, 0.2) is 0 Å². The molecule has 1 amide bonds. The number of rotatable bonds is 3. The molecule has 2 unspecified atom stereocenters. The molecule has 1 aromatic carbocycles. The Morgan fingerprint density at radius 1 is 1.25 bits per heavy atom. The van der Waals surface area contributed by atoms with Gasteiger partial charge in [-0.25, -0.2) is 0 Å². The fraction of sp³-hybridized carbons (Fsp3) is 0.467. The van der Waals surface area contributed by atoms with Crippen molar-refractivity contribution in [2.24, 2.45) is 11.8 Å². The number of nitrogens with one attached hydrogen (secondary N) is 1. The van der Waals surface area contributed by atoms with E-state index in [-0.39, 0.29) is 17.7 Å². The summed E-state index contributed by atoms with van der Waals surface area (Å²) in [5.41, 5.74) is 1.81. The van der Waals surface area contributed by atoms with E-state index < -0.39 is 5.97 Å². The Labute approximate surface area is 126 Å². The molecule has 1 saturated carbocycles. The van der Waals surface area contributed by atoms with E-state index in [0.29, 0.717) is 12.8 Å². The molecule has 0 radical (unpaired) electrons. The van der Waals surface area contributed by atoms with Gasteiger partial charge in [-0.2, -0.15) is 0 Å². The van der Waals surface area contributed by atoms with E-state index in [0.717, 1.165) is 28.6 Å². The maximum absolute atomic E-state index is 12.2. The van der Waals surface area contributed by atoms with Crippen LogP contribution in [0.5, 0.6) is 0 Å². The number of aliphatic carboxylic acids is 1. The smallest absolute Gasteiger partial charge is 0.306 e. The second kappa shape index (κ2) is 6.39. The highest BCUT2D eigenvalue weighted by atomic mass is 79.9. The lowest BCUT2D eigenvalue weighted by Crippen LogP contribution is -2.30. The van der Waals surface area contributed by atoms with Gasteiger partial charge in [0, 0.05) is 16.1 Å². The molecule has 0 spiro atoms. The Morgan fingerprint density at radius 2 is 1.95 bits per heavy atom. The molecule has 1 fully saturated rings. The number of carbonyl (C=O) groups is 2. The van der Waals surface area contributed by atoms with Crippen molar-refractivity contribution in [1.82, 2.24) is 0 Å². The van der Waals surface area contributed by atoms with Crippen molar-refractivity contribution in [3.63, 3.8) is 0 Å². The predicted molar refractivity (Wildman–Crippen MR) is 80.6 cm³/mol. The monoisotopic (exact) mass is 339 g/mol. The molecule has 20 heavy (non-hydrogen) atoms. The topological polar surface area (TPSA) is 66.4 Å². The Morgan fingerprint density at radius 3 is 2.60 bits per heavy atom. The fourth-order valence-corrected chi connectivity index (χ4v) is 3.31. The first kappa shape index (κ1) is 15.0. The van der Waals surface area contributed by atoms with Crippen LogP contribution in [0.25, 0.3) is 0 Å². The standard InChI is InChI=1S/C15H18BrNO3/c1-9-5-12(16)8-13(6-9)17-14(18)10-3-2-4-11(7-10)15(19)20/h5-6,8,10-11H,2-4,7H2,1H3,(H,17,18)(H,19,20). The zero-order chi connectivity index (χ0) is 14.7. The van der Waals surface area contributed by atoms with Gasteiger partial charge in [0.25, 0.3) is 0 Å². The summed E-state index contributed by atoms with van der Waals surface area (Å²) in [5.74, 6) is -1.46. The quantitative estimate of drug-likeness (QED) is 0.884. The van der Waals surface area contributed by atoms with E-state index in [4.69, 9.17) is 5.11 Å². The molecule has 2 N–H and O–H groups in total. The van der Waals surface area contributed by atoms with Gasteiger partial charge < -0.3 is 10.4 Å². The van der Waals surface area contributed by atoms with E-state index in [1.165, 1.54) is 0 Å². The van der Waals surface area contributed by atoms with Crippen LogP contribution >= 0.6 is 15.9 Å². The first-order chi connectivity index (χ1) is 9.45. The third-order valence-corrected chi connectivity index (χ3v) is 4.16. The summed E-state index contributed by atoms with van der Waals surface area (Å²) >= 11 is 3.40. The number of hydrogen-bond acceptors (Lipinski definition) is 2. The van der Waals surface area contributed by atoms with Crippen LogP contribution in [-0.2, 0) is 9.59 Å². The van der Waals surface area contributed by atoms with Crippen molar-refractivity contribution >= 4 is 33.5 Å². The minimum absolute atomic E-state index is 0.0755. The van der Waals surface area contributed by atoms with Gasteiger partial charge in [0.05, 0.1) is 5.92 Å². The Balaban J connectivity index is 2.02. The number of carbonyl (C=O) groups excluding carboxylic acids is 1. The minimum Gasteiger partial charge on any atom is -0.481 e. The van der Waals surface area contributed by atoms with Gasteiger partial charge in [-0.05, 0) is 49.9 Å². The highest BCUT2D eigenvalue weighted by molar-refractivity contribution is 9.10. The van der Waals surface area contributed by atoms with E-state index in [1.807, 2.05) is 25.1 Å².